The summed E-state index contributed by atoms with van der Waals surface area (Å²) >= 11 is 1.75. The first-order valence-corrected chi connectivity index (χ1v) is 6.04. The van der Waals surface area contributed by atoms with Crippen LogP contribution in [0.4, 0.5) is 0 Å². The first-order chi connectivity index (χ1) is 7.29. The van der Waals surface area contributed by atoms with E-state index >= 15 is 0 Å². The van der Waals surface area contributed by atoms with Gasteiger partial charge >= 0.3 is 0 Å². The molecule has 1 rings (SSSR count). The molecule has 0 spiro atoms. The lowest BCUT2D eigenvalue weighted by molar-refractivity contribution is 0.200. The van der Waals surface area contributed by atoms with Crippen LogP contribution in [0.2, 0.25) is 0 Å². The molecule has 0 atom stereocenters. The van der Waals surface area contributed by atoms with Crippen molar-refractivity contribution in [1.82, 2.24) is 4.98 Å². The van der Waals surface area contributed by atoms with Gasteiger partial charge in [-0.3, -0.25) is 0 Å². The zero-order chi connectivity index (χ0) is 11.1. The van der Waals surface area contributed by atoms with Crippen LogP contribution in [-0.2, 0) is 11.3 Å². The Bertz CT molecular complexity index is 305. The highest BCUT2D eigenvalue weighted by Gasteiger charge is 2.05. The van der Waals surface area contributed by atoms with E-state index in [1.54, 1.807) is 18.9 Å². The predicted molar refractivity (Wildman–Crippen MR) is 64.1 cm³/mol. The third kappa shape index (κ3) is 3.81. The van der Waals surface area contributed by atoms with Gasteiger partial charge < -0.3 is 10.5 Å². The average molecular weight is 226 g/mol. The van der Waals surface area contributed by atoms with Crippen molar-refractivity contribution in [1.29, 1.82) is 0 Å². The number of hydrogen-bond acceptors (Lipinski definition) is 4. The van der Waals surface area contributed by atoms with Gasteiger partial charge in [0.1, 0.15) is 5.03 Å². The van der Waals surface area contributed by atoms with Gasteiger partial charge in [-0.05, 0) is 25.0 Å². The van der Waals surface area contributed by atoms with Gasteiger partial charge in [0.05, 0.1) is 0 Å². The molecule has 1 aromatic heterocycles. The van der Waals surface area contributed by atoms with Crippen LogP contribution in [0.5, 0.6) is 0 Å². The maximum atomic E-state index is 5.70. The van der Waals surface area contributed by atoms with E-state index in [2.05, 4.69) is 11.9 Å². The highest BCUT2D eigenvalue weighted by molar-refractivity contribution is 7.99. The Labute approximate surface area is 95.4 Å². The van der Waals surface area contributed by atoms with E-state index in [0.29, 0.717) is 6.54 Å². The van der Waals surface area contributed by atoms with Crippen LogP contribution in [0.25, 0.3) is 0 Å². The van der Waals surface area contributed by atoms with Gasteiger partial charge in [0.2, 0.25) is 0 Å². The van der Waals surface area contributed by atoms with Gasteiger partial charge in [0.25, 0.3) is 0 Å². The fraction of sp³-hybridized carbons (Fsp3) is 0.545. The summed E-state index contributed by atoms with van der Waals surface area (Å²) in [4.78, 5) is 4.35. The van der Waals surface area contributed by atoms with Crippen molar-refractivity contribution in [3.8, 4) is 0 Å². The van der Waals surface area contributed by atoms with Gasteiger partial charge in [-0.25, -0.2) is 4.98 Å². The smallest absolute Gasteiger partial charge is 0.101 e. The lowest BCUT2D eigenvalue weighted by atomic mass is 10.2. The summed E-state index contributed by atoms with van der Waals surface area (Å²) in [5, 5.41) is 1.06. The molecule has 4 heteroatoms. The van der Waals surface area contributed by atoms with Crippen LogP contribution in [0.15, 0.2) is 17.3 Å². The Morgan fingerprint density at radius 3 is 3.00 bits per heavy atom. The van der Waals surface area contributed by atoms with E-state index in [0.717, 1.165) is 23.8 Å². The number of nitrogens with zero attached hydrogens (tertiary/aromatic N) is 1. The molecule has 0 amide bonds. The van der Waals surface area contributed by atoms with E-state index in [4.69, 9.17) is 10.5 Å². The average Bonchev–Trinajstić information content (AvgIpc) is 2.24. The molecule has 0 fully saturated rings. The van der Waals surface area contributed by atoms with Crippen LogP contribution in [0, 0.1) is 6.92 Å². The fourth-order valence-electron chi connectivity index (χ4n) is 1.31. The summed E-state index contributed by atoms with van der Waals surface area (Å²) in [6.07, 6.45) is 2.88. The molecular formula is C11H18N2OS. The highest BCUT2D eigenvalue weighted by Crippen LogP contribution is 2.22. The molecule has 15 heavy (non-hydrogen) atoms. The Balaban J connectivity index is 2.56. The second kappa shape index (κ2) is 6.82. The minimum absolute atomic E-state index is 0.562. The summed E-state index contributed by atoms with van der Waals surface area (Å²) in [6, 6.07) is 2.00. The number of methoxy groups -OCH3 is 1. The van der Waals surface area contributed by atoms with E-state index in [1.165, 1.54) is 11.1 Å². The monoisotopic (exact) mass is 226 g/mol. The number of aryl methyl sites for hydroxylation is 1. The highest BCUT2D eigenvalue weighted by atomic mass is 32.2. The predicted octanol–water partition coefficient (Wildman–Crippen LogP) is 1.98. The zero-order valence-electron chi connectivity index (χ0n) is 9.32. The van der Waals surface area contributed by atoms with Crippen LogP contribution in [0.3, 0.4) is 0 Å². The van der Waals surface area contributed by atoms with E-state index < -0.39 is 0 Å². The van der Waals surface area contributed by atoms with E-state index in [9.17, 15) is 0 Å². The van der Waals surface area contributed by atoms with Crippen LogP contribution in [-0.4, -0.2) is 24.5 Å². The van der Waals surface area contributed by atoms with Gasteiger partial charge in [-0.15, -0.1) is 11.8 Å². The second-order valence-electron chi connectivity index (χ2n) is 3.31. The zero-order valence-corrected chi connectivity index (χ0v) is 10.1. The number of thioether (sulfide) groups is 1. The molecule has 0 bridgehead atoms. The molecule has 0 saturated carbocycles. The molecule has 1 aromatic rings. The van der Waals surface area contributed by atoms with Crippen molar-refractivity contribution in [2.75, 3.05) is 19.5 Å². The summed E-state index contributed by atoms with van der Waals surface area (Å²) < 4.78 is 5.00. The quantitative estimate of drug-likeness (QED) is 0.595. The molecule has 2 N–H and O–H groups in total. The number of pyridine rings is 1. The number of rotatable bonds is 6. The van der Waals surface area contributed by atoms with Crippen molar-refractivity contribution < 1.29 is 4.74 Å². The first kappa shape index (κ1) is 12.5. The molecule has 0 unspecified atom stereocenters. The van der Waals surface area contributed by atoms with Crippen LogP contribution >= 0.6 is 11.8 Å². The molecule has 0 aromatic carbocycles. The van der Waals surface area contributed by atoms with Crippen molar-refractivity contribution in [2.24, 2.45) is 5.73 Å². The lowest BCUT2D eigenvalue weighted by Crippen LogP contribution is -2.03. The van der Waals surface area contributed by atoms with Crippen LogP contribution < -0.4 is 5.73 Å². The minimum atomic E-state index is 0.562. The maximum Gasteiger partial charge on any atom is 0.101 e. The summed E-state index contributed by atoms with van der Waals surface area (Å²) in [5.74, 6) is 1.03. The van der Waals surface area contributed by atoms with E-state index in [-0.39, 0.29) is 0 Å². The van der Waals surface area contributed by atoms with Gasteiger partial charge in [0, 0.05) is 37.8 Å². The van der Waals surface area contributed by atoms with Crippen molar-refractivity contribution in [3.63, 3.8) is 0 Å². The number of nitrogens with two attached hydrogens (primary N) is 1. The summed E-state index contributed by atoms with van der Waals surface area (Å²) in [5.41, 5.74) is 8.09. The Morgan fingerprint density at radius 1 is 1.53 bits per heavy atom. The van der Waals surface area contributed by atoms with E-state index in [1.807, 2.05) is 12.3 Å². The molecule has 0 saturated heterocycles. The lowest BCUT2D eigenvalue weighted by Gasteiger charge is -2.08. The Kier molecular flexibility index (Phi) is 5.68. The molecule has 0 aliphatic rings. The summed E-state index contributed by atoms with van der Waals surface area (Å²) in [7, 11) is 1.72. The largest absolute Gasteiger partial charge is 0.385 e. The third-order valence-electron chi connectivity index (χ3n) is 2.19. The first-order valence-electron chi connectivity index (χ1n) is 5.06. The molecule has 0 radical (unpaired) electrons. The summed E-state index contributed by atoms with van der Waals surface area (Å²) in [6.45, 7) is 3.44. The topological polar surface area (TPSA) is 48.1 Å². The van der Waals surface area contributed by atoms with Gasteiger partial charge in [0.15, 0.2) is 0 Å². The van der Waals surface area contributed by atoms with Crippen molar-refractivity contribution in [3.05, 3.63) is 23.4 Å². The molecule has 84 valence electrons. The fourth-order valence-corrected chi connectivity index (χ4v) is 2.32. The number of aromatic nitrogens is 1. The Hall–Kier alpha value is -0.580. The molecule has 3 nitrogen and oxygen atoms in total. The third-order valence-corrected chi connectivity index (χ3v) is 3.30. The van der Waals surface area contributed by atoms with Crippen molar-refractivity contribution in [2.45, 2.75) is 24.9 Å². The standard InChI is InChI=1S/C11H18N2OS/c1-9-4-5-13-11(10(9)8-12)15-7-3-6-14-2/h4-5H,3,6-8,12H2,1-2H3. The molecule has 1 heterocycles. The molecular weight excluding hydrogens is 208 g/mol. The second-order valence-corrected chi connectivity index (χ2v) is 4.39. The number of ether oxygens (including phenoxy) is 1. The van der Waals surface area contributed by atoms with Gasteiger partial charge in [-0.1, -0.05) is 0 Å². The molecule has 0 aliphatic carbocycles. The van der Waals surface area contributed by atoms with Gasteiger partial charge in [-0.2, -0.15) is 0 Å². The minimum Gasteiger partial charge on any atom is -0.385 e. The number of hydrogen-bond donors (Lipinski definition) is 1. The molecule has 0 aliphatic heterocycles. The Morgan fingerprint density at radius 2 is 2.33 bits per heavy atom. The normalized spacial score (nSPS) is 10.6. The van der Waals surface area contributed by atoms with Crippen LogP contribution in [0.1, 0.15) is 17.5 Å². The van der Waals surface area contributed by atoms with Crippen molar-refractivity contribution >= 4 is 11.8 Å². The SMILES string of the molecule is COCCCSc1nccc(C)c1CN. The maximum absolute atomic E-state index is 5.70.